The Balaban J connectivity index is 1.20. The van der Waals surface area contributed by atoms with Gasteiger partial charge in [0.25, 0.3) is 0 Å². The molecule has 0 spiro atoms. The van der Waals surface area contributed by atoms with Gasteiger partial charge in [-0.05, 0) is 55.3 Å². The Morgan fingerprint density at radius 2 is 1.94 bits per heavy atom. The Morgan fingerprint density at radius 3 is 2.78 bits per heavy atom. The second-order valence-corrected chi connectivity index (χ2v) is 8.14. The predicted octanol–water partition coefficient (Wildman–Crippen LogP) is 3.36. The number of hydrogen-bond donors (Lipinski definition) is 1. The van der Waals surface area contributed by atoms with Crippen molar-refractivity contribution in [2.75, 3.05) is 18.2 Å². The number of nitrogens with zero attached hydrogens (tertiary/aromatic N) is 2. The van der Waals surface area contributed by atoms with Crippen LogP contribution in [0.25, 0.3) is 11.3 Å². The zero-order valence-corrected chi connectivity index (χ0v) is 17.9. The van der Waals surface area contributed by atoms with Crippen molar-refractivity contribution >= 4 is 17.5 Å². The second kappa shape index (κ2) is 8.03. The van der Waals surface area contributed by atoms with Gasteiger partial charge >= 0.3 is 0 Å². The lowest BCUT2D eigenvalue weighted by Gasteiger charge is -2.18. The van der Waals surface area contributed by atoms with Crippen molar-refractivity contribution in [3.63, 3.8) is 0 Å². The summed E-state index contributed by atoms with van der Waals surface area (Å²) in [5, 5.41) is 6.92. The molecule has 3 heterocycles. The number of hydrogen-bond acceptors (Lipinski definition) is 6. The van der Waals surface area contributed by atoms with Gasteiger partial charge in [-0.1, -0.05) is 11.2 Å². The molecule has 0 radical (unpaired) electrons. The smallest absolute Gasteiger partial charge is 0.231 e. The van der Waals surface area contributed by atoms with E-state index in [0.29, 0.717) is 29.5 Å². The Labute approximate surface area is 185 Å². The van der Waals surface area contributed by atoms with Crippen LogP contribution < -0.4 is 19.7 Å². The van der Waals surface area contributed by atoms with Crippen molar-refractivity contribution in [2.45, 2.75) is 26.8 Å². The zero-order valence-electron chi connectivity index (χ0n) is 17.9. The van der Waals surface area contributed by atoms with Crippen LogP contribution in [-0.4, -0.2) is 30.3 Å². The maximum atomic E-state index is 12.7. The van der Waals surface area contributed by atoms with E-state index in [1.807, 2.05) is 50.2 Å². The molecule has 2 aliphatic heterocycles. The van der Waals surface area contributed by atoms with Gasteiger partial charge in [-0.15, -0.1) is 0 Å². The number of aromatic nitrogens is 1. The molecule has 2 amide bonds. The number of benzene rings is 2. The van der Waals surface area contributed by atoms with E-state index >= 15 is 0 Å². The fourth-order valence-corrected chi connectivity index (χ4v) is 3.93. The molecule has 0 saturated carbocycles. The van der Waals surface area contributed by atoms with Crippen molar-refractivity contribution in [2.24, 2.45) is 5.92 Å². The number of nitrogens with one attached hydrogen (secondary N) is 1. The fraction of sp³-hybridized carbons (Fsp3) is 0.292. The van der Waals surface area contributed by atoms with E-state index in [0.717, 1.165) is 16.8 Å². The first-order valence-electron chi connectivity index (χ1n) is 10.5. The number of aryl methyl sites for hydroxylation is 2. The van der Waals surface area contributed by atoms with E-state index in [-0.39, 0.29) is 31.6 Å². The Kier molecular flexibility index (Phi) is 5.05. The largest absolute Gasteiger partial charge is 0.454 e. The molecule has 0 bridgehead atoms. The highest BCUT2D eigenvalue weighted by Gasteiger charge is 2.35. The minimum Gasteiger partial charge on any atom is -0.454 e. The molecule has 1 unspecified atom stereocenters. The lowest BCUT2D eigenvalue weighted by atomic mass is 10.1. The number of ether oxygens (including phenoxy) is 2. The highest BCUT2D eigenvalue weighted by atomic mass is 16.7. The average Bonchev–Trinajstić information content (AvgIpc) is 3.53. The van der Waals surface area contributed by atoms with Crippen LogP contribution in [-0.2, 0) is 16.1 Å². The molecule has 1 N–H and O–H groups in total. The summed E-state index contributed by atoms with van der Waals surface area (Å²) in [6.45, 7) is 4.84. The molecule has 2 aliphatic rings. The summed E-state index contributed by atoms with van der Waals surface area (Å²) in [6, 6.07) is 13.2. The van der Waals surface area contributed by atoms with E-state index in [4.69, 9.17) is 14.0 Å². The first-order valence-corrected chi connectivity index (χ1v) is 10.5. The lowest BCUT2D eigenvalue weighted by Crippen LogP contribution is -2.32. The summed E-state index contributed by atoms with van der Waals surface area (Å²) in [6.07, 6.45) is 0.194. The van der Waals surface area contributed by atoms with Gasteiger partial charge in [-0.3, -0.25) is 9.59 Å². The van der Waals surface area contributed by atoms with Crippen LogP contribution in [0.15, 0.2) is 47.0 Å². The van der Waals surface area contributed by atoms with Crippen LogP contribution in [0.2, 0.25) is 0 Å². The molecule has 32 heavy (non-hydrogen) atoms. The van der Waals surface area contributed by atoms with Crippen LogP contribution in [0.3, 0.4) is 0 Å². The standard InChI is InChI=1S/C24H23N3O5/c1-14-3-5-19(7-15(14)2)27-12-17(9-23(27)28)24(29)25-11-18-10-21(32-26-18)16-4-6-20-22(8-16)31-13-30-20/h3-8,10,17H,9,11-13H2,1-2H3,(H,25,29). The summed E-state index contributed by atoms with van der Waals surface area (Å²) < 4.78 is 16.1. The van der Waals surface area contributed by atoms with Gasteiger partial charge in [-0.25, -0.2) is 0 Å². The van der Waals surface area contributed by atoms with E-state index in [1.165, 1.54) is 5.56 Å². The third kappa shape index (κ3) is 3.79. The SMILES string of the molecule is Cc1ccc(N2CC(C(=O)NCc3cc(-c4ccc5c(c4)OCO5)on3)CC2=O)cc1C. The third-order valence-corrected chi connectivity index (χ3v) is 5.96. The van der Waals surface area contributed by atoms with E-state index in [9.17, 15) is 9.59 Å². The average molecular weight is 433 g/mol. The van der Waals surface area contributed by atoms with Gasteiger partial charge in [0.05, 0.1) is 12.5 Å². The number of anilines is 1. The normalized spacial score (nSPS) is 17.1. The van der Waals surface area contributed by atoms with Gasteiger partial charge in [0, 0.05) is 30.3 Å². The molecule has 3 aromatic rings. The van der Waals surface area contributed by atoms with Crippen LogP contribution in [0.4, 0.5) is 5.69 Å². The van der Waals surface area contributed by atoms with Crippen LogP contribution in [0.1, 0.15) is 23.2 Å². The number of rotatable bonds is 5. The van der Waals surface area contributed by atoms with Crippen LogP contribution in [0, 0.1) is 19.8 Å². The number of amides is 2. The molecule has 2 aromatic carbocycles. The lowest BCUT2D eigenvalue weighted by molar-refractivity contribution is -0.126. The first kappa shape index (κ1) is 20.1. The highest BCUT2D eigenvalue weighted by molar-refractivity contribution is 6.00. The van der Waals surface area contributed by atoms with Gasteiger partial charge in [-0.2, -0.15) is 0 Å². The molecular weight excluding hydrogens is 410 g/mol. The molecule has 5 rings (SSSR count). The first-order chi connectivity index (χ1) is 15.5. The highest BCUT2D eigenvalue weighted by Crippen LogP contribution is 2.36. The van der Waals surface area contributed by atoms with E-state index < -0.39 is 5.92 Å². The van der Waals surface area contributed by atoms with Crippen molar-refractivity contribution in [3.05, 3.63) is 59.3 Å². The Hall–Kier alpha value is -3.81. The van der Waals surface area contributed by atoms with Crippen LogP contribution in [0.5, 0.6) is 11.5 Å². The van der Waals surface area contributed by atoms with Gasteiger partial charge in [0.1, 0.15) is 5.69 Å². The van der Waals surface area contributed by atoms with Gasteiger partial charge in [0.15, 0.2) is 17.3 Å². The number of fused-ring (bicyclic) bond motifs is 1. The molecular formula is C24H23N3O5. The van der Waals surface area contributed by atoms with E-state index in [1.54, 1.807) is 11.0 Å². The molecule has 1 aromatic heterocycles. The number of carbonyl (C=O) groups excluding carboxylic acids is 2. The zero-order chi connectivity index (χ0) is 22.2. The van der Waals surface area contributed by atoms with E-state index in [2.05, 4.69) is 10.5 Å². The topological polar surface area (TPSA) is 93.9 Å². The predicted molar refractivity (Wildman–Crippen MR) is 116 cm³/mol. The number of carbonyl (C=O) groups is 2. The van der Waals surface area contributed by atoms with Crippen molar-refractivity contribution in [1.82, 2.24) is 10.5 Å². The monoisotopic (exact) mass is 433 g/mol. The molecule has 164 valence electrons. The molecule has 1 fully saturated rings. The minimum atomic E-state index is -0.399. The molecule has 1 saturated heterocycles. The molecule has 0 aliphatic carbocycles. The fourth-order valence-electron chi connectivity index (χ4n) is 3.93. The molecule has 8 heteroatoms. The third-order valence-electron chi connectivity index (χ3n) is 5.96. The van der Waals surface area contributed by atoms with Gasteiger partial charge in [0.2, 0.25) is 18.6 Å². The molecule has 8 nitrogen and oxygen atoms in total. The quantitative estimate of drug-likeness (QED) is 0.663. The molecule has 1 atom stereocenters. The van der Waals surface area contributed by atoms with Gasteiger partial charge < -0.3 is 24.2 Å². The summed E-state index contributed by atoms with van der Waals surface area (Å²) >= 11 is 0. The summed E-state index contributed by atoms with van der Waals surface area (Å²) in [5.74, 6) is 1.32. The van der Waals surface area contributed by atoms with Crippen molar-refractivity contribution in [1.29, 1.82) is 0 Å². The van der Waals surface area contributed by atoms with Crippen molar-refractivity contribution in [3.8, 4) is 22.8 Å². The maximum absolute atomic E-state index is 12.7. The minimum absolute atomic E-state index is 0.0417. The maximum Gasteiger partial charge on any atom is 0.231 e. The summed E-state index contributed by atoms with van der Waals surface area (Å²) in [7, 11) is 0. The van der Waals surface area contributed by atoms with Crippen molar-refractivity contribution < 1.29 is 23.6 Å². The second-order valence-electron chi connectivity index (χ2n) is 8.14. The Morgan fingerprint density at radius 1 is 1.09 bits per heavy atom. The summed E-state index contributed by atoms with van der Waals surface area (Å²) in [5.41, 5.74) is 4.53. The summed E-state index contributed by atoms with van der Waals surface area (Å²) in [4.78, 5) is 26.9. The Bertz CT molecular complexity index is 1200. The van der Waals surface area contributed by atoms with Crippen LogP contribution >= 0.6 is 0 Å².